The van der Waals surface area contributed by atoms with E-state index in [1.54, 1.807) is 35.1 Å². The molecule has 1 aliphatic heterocycles. The van der Waals surface area contributed by atoms with Gasteiger partial charge in [-0.1, -0.05) is 11.6 Å². The number of hydrogen-bond donors (Lipinski definition) is 1. The number of fused-ring (bicyclic) bond motifs is 1. The van der Waals surface area contributed by atoms with E-state index >= 15 is 4.39 Å². The van der Waals surface area contributed by atoms with E-state index < -0.39 is 5.54 Å². The zero-order valence-electron chi connectivity index (χ0n) is 17.6. The topological polar surface area (TPSA) is 72.3 Å². The largest absolute Gasteiger partial charge is 0.369 e. The summed E-state index contributed by atoms with van der Waals surface area (Å²) in [5, 5.41) is 5.70. The summed E-state index contributed by atoms with van der Waals surface area (Å²) in [5.74, 6) is 0.780. The van der Waals surface area contributed by atoms with Crippen molar-refractivity contribution in [3.8, 4) is 16.9 Å². The van der Waals surface area contributed by atoms with Crippen LogP contribution in [0.25, 0.3) is 27.0 Å². The Kier molecular flexibility index (Phi) is 5.15. The molecule has 0 amide bonds. The Morgan fingerprint density at radius 1 is 1.28 bits per heavy atom. The summed E-state index contributed by atoms with van der Waals surface area (Å²) in [5.41, 5.74) is 8.15. The van der Waals surface area contributed by atoms with E-state index in [4.69, 9.17) is 22.3 Å². The van der Waals surface area contributed by atoms with E-state index in [9.17, 15) is 0 Å². The van der Waals surface area contributed by atoms with Gasteiger partial charge in [-0.15, -0.1) is 11.3 Å². The summed E-state index contributed by atoms with van der Waals surface area (Å²) in [6, 6.07) is 6.90. The molecule has 0 saturated carbocycles. The number of nitrogens with zero attached hydrogens (tertiary/aromatic N) is 5. The molecule has 4 aromatic rings. The number of aliphatic imine (C=N–C) groups is 1. The second-order valence-electron chi connectivity index (χ2n) is 7.92. The Labute approximate surface area is 198 Å². The molecule has 3 aromatic heterocycles. The van der Waals surface area contributed by atoms with E-state index in [1.165, 1.54) is 17.4 Å². The highest BCUT2D eigenvalue weighted by Gasteiger charge is 2.36. The lowest BCUT2D eigenvalue weighted by Gasteiger charge is -2.33. The molecule has 32 heavy (non-hydrogen) atoms. The molecule has 10 heteroatoms. The van der Waals surface area contributed by atoms with Crippen molar-refractivity contribution in [3.05, 3.63) is 64.1 Å². The molecule has 0 spiro atoms. The highest BCUT2D eigenvalue weighted by atomic mass is 35.5. The van der Waals surface area contributed by atoms with Crippen LogP contribution in [-0.2, 0) is 5.54 Å². The third-order valence-electron chi connectivity index (χ3n) is 5.44. The van der Waals surface area contributed by atoms with E-state index in [2.05, 4.69) is 10.1 Å². The van der Waals surface area contributed by atoms with Crippen LogP contribution in [-0.4, -0.2) is 37.8 Å². The van der Waals surface area contributed by atoms with Gasteiger partial charge in [0.1, 0.15) is 11.4 Å². The number of nitrogens with two attached hydrogens (primary N) is 1. The maximum atomic E-state index is 15.2. The highest BCUT2D eigenvalue weighted by Crippen LogP contribution is 2.48. The number of benzene rings is 1. The number of halogens is 2. The average Bonchev–Trinajstić information content (AvgIpc) is 3.35. The van der Waals surface area contributed by atoms with Gasteiger partial charge in [-0.2, -0.15) is 5.10 Å². The fourth-order valence-corrected chi connectivity index (χ4v) is 6.42. The second kappa shape index (κ2) is 7.75. The van der Waals surface area contributed by atoms with Crippen LogP contribution in [0, 0.1) is 12.7 Å². The lowest BCUT2D eigenvalue weighted by Crippen LogP contribution is -2.39. The number of rotatable bonds is 3. The van der Waals surface area contributed by atoms with Crippen molar-refractivity contribution in [2.75, 3.05) is 12.8 Å². The lowest BCUT2D eigenvalue weighted by atomic mass is 10.0. The van der Waals surface area contributed by atoms with E-state index in [1.807, 2.05) is 43.5 Å². The fraction of sp³-hybridized carbons (Fsp3) is 0.227. The zero-order valence-corrected chi connectivity index (χ0v) is 20.0. The lowest BCUT2D eigenvalue weighted by molar-refractivity contribution is 0.551. The minimum Gasteiger partial charge on any atom is -0.369 e. The number of pyridine rings is 1. The van der Waals surface area contributed by atoms with Gasteiger partial charge in [0.2, 0.25) is 5.96 Å². The first-order valence-corrected chi connectivity index (χ1v) is 12.0. The number of aromatic nitrogens is 3. The number of guanidine groups is 1. The van der Waals surface area contributed by atoms with Crippen molar-refractivity contribution in [3.63, 3.8) is 0 Å². The third-order valence-corrected chi connectivity index (χ3v) is 8.68. The third kappa shape index (κ3) is 3.44. The van der Waals surface area contributed by atoms with Crippen molar-refractivity contribution in [1.29, 1.82) is 0 Å². The Balaban J connectivity index is 1.63. The molecule has 0 radical (unpaired) electrons. The van der Waals surface area contributed by atoms with E-state index in [0.29, 0.717) is 33.7 Å². The summed E-state index contributed by atoms with van der Waals surface area (Å²) in [4.78, 5) is 10.1. The monoisotopic (exact) mass is 486 g/mol. The molecule has 1 atom stereocenters. The summed E-state index contributed by atoms with van der Waals surface area (Å²) >= 11 is 9.90. The molecule has 4 heterocycles. The quantitative estimate of drug-likeness (QED) is 0.394. The van der Waals surface area contributed by atoms with Crippen LogP contribution in [0.4, 0.5) is 4.39 Å². The van der Waals surface area contributed by atoms with E-state index in [-0.39, 0.29) is 5.82 Å². The SMILES string of the molecule is Cc1cnn(-c2ccc(-c3nccc4c(Cl)c([C@]5(C)CSN(C)C(N)=N5)sc34)c(F)c2)c1. The summed E-state index contributed by atoms with van der Waals surface area (Å²) in [7, 11) is 1.88. The fourth-order valence-electron chi connectivity index (χ4n) is 3.68. The van der Waals surface area contributed by atoms with Gasteiger partial charge in [0.25, 0.3) is 0 Å². The molecule has 2 N–H and O–H groups in total. The smallest absolute Gasteiger partial charge is 0.202 e. The molecule has 1 aliphatic rings. The molecule has 0 unspecified atom stereocenters. The molecule has 5 rings (SSSR count). The summed E-state index contributed by atoms with van der Waals surface area (Å²) in [6.45, 7) is 3.96. The first-order chi connectivity index (χ1) is 15.3. The van der Waals surface area contributed by atoms with Crippen molar-refractivity contribution in [1.82, 2.24) is 19.1 Å². The Bertz CT molecular complexity index is 1380. The first-order valence-electron chi connectivity index (χ1n) is 9.88. The Morgan fingerprint density at radius 2 is 2.09 bits per heavy atom. The zero-order chi connectivity index (χ0) is 22.6. The molecule has 6 nitrogen and oxygen atoms in total. The predicted octanol–water partition coefficient (Wildman–Crippen LogP) is 5.37. The van der Waals surface area contributed by atoms with Crippen LogP contribution >= 0.6 is 34.9 Å². The van der Waals surface area contributed by atoms with Crippen LogP contribution in [0.15, 0.2) is 47.8 Å². The maximum Gasteiger partial charge on any atom is 0.202 e. The number of aryl methyl sites for hydroxylation is 1. The Morgan fingerprint density at radius 3 is 2.78 bits per heavy atom. The van der Waals surface area contributed by atoms with Gasteiger partial charge < -0.3 is 5.73 Å². The molecule has 0 bridgehead atoms. The number of thiophene rings is 1. The van der Waals surface area contributed by atoms with Gasteiger partial charge in [-0.3, -0.25) is 9.29 Å². The standard InChI is InChI=1S/C22H20ClFN6S2/c1-12-9-27-30(10-12)13-4-5-14(16(24)8-13)18-19-15(6-7-26-18)17(23)20(32-19)22(2)11-31-29(3)21(25)28-22/h4-10H,11H2,1-3H3,(H2,25,28)/t22-/m0/s1. The van der Waals surface area contributed by atoms with Crippen molar-refractivity contribution in [2.45, 2.75) is 19.4 Å². The van der Waals surface area contributed by atoms with Crippen molar-refractivity contribution < 1.29 is 4.39 Å². The second-order valence-corrected chi connectivity index (χ2v) is 10.4. The Hall–Kier alpha value is -2.62. The average molecular weight is 487 g/mol. The maximum absolute atomic E-state index is 15.2. The summed E-state index contributed by atoms with van der Waals surface area (Å²) < 4.78 is 19.5. The van der Waals surface area contributed by atoms with E-state index in [0.717, 1.165) is 20.5 Å². The van der Waals surface area contributed by atoms with Gasteiger partial charge in [-0.05, 0) is 49.6 Å². The summed E-state index contributed by atoms with van der Waals surface area (Å²) in [6.07, 6.45) is 5.25. The van der Waals surface area contributed by atoms with Gasteiger partial charge >= 0.3 is 0 Å². The van der Waals surface area contributed by atoms with Gasteiger partial charge in [-0.25, -0.2) is 14.1 Å². The predicted molar refractivity (Wildman–Crippen MR) is 131 cm³/mol. The highest BCUT2D eigenvalue weighted by molar-refractivity contribution is 7.97. The van der Waals surface area contributed by atoms with Crippen LogP contribution in [0.2, 0.25) is 5.02 Å². The molecule has 0 aliphatic carbocycles. The normalized spacial score (nSPS) is 18.9. The molecule has 0 fully saturated rings. The molecule has 164 valence electrons. The number of hydrogen-bond acceptors (Lipinski definition) is 7. The first kappa shape index (κ1) is 21.2. The molecular weight excluding hydrogens is 467 g/mol. The molecule has 1 aromatic carbocycles. The molecule has 0 saturated heterocycles. The minimum absolute atomic E-state index is 0.370. The van der Waals surface area contributed by atoms with Crippen LogP contribution in [0.5, 0.6) is 0 Å². The van der Waals surface area contributed by atoms with Crippen LogP contribution in [0.1, 0.15) is 17.4 Å². The van der Waals surface area contributed by atoms with Crippen molar-refractivity contribution >= 4 is 50.9 Å². The van der Waals surface area contributed by atoms with Crippen LogP contribution in [0.3, 0.4) is 0 Å². The van der Waals surface area contributed by atoms with Crippen molar-refractivity contribution in [2.24, 2.45) is 10.7 Å². The molecular formula is C22H20ClFN6S2. The minimum atomic E-state index is -0.570. The van der Waals surface area contributed by atoms with Gasteiger partial charge in [0.05, 0.1) is 32.2 Å². The van der Waals surface area contributed by atoms with Gasteiger partial charge in [0, 0.05) is 42.2 Å². The van der Waals surface area contributed by atoms with Gasteiger partial charge in [0.15, 0.2) is 0 Å². The van der Waals surface area contributed by atoms with Crippen LogP contribution < -0.4 is 5.73 Å².